The Hall–Kier alpha value is -4.57. The number of hydrogen-bond acceptors (Lipinski definition) is 2. The van der Waals surface area contributed by atoms with Gasteiger partial charge in [0.25, 0.3) is 0 Å². The van der Waals surface area contributed by atoms with Gasteiger partial charge in [-0.1, -0.05) is 104 Å². The van der Waals surface area contributed by atoms with Gasteiger partial charge < -0.3 is 9.80 Å². The van der Waals surface area contributed by atoms with Crippen molar-refractivity contribution in [3.05, 3.63) is 177 Å². The zero-order valence-corrected chi connectivity index (χ0v) is 33.3. The molecule has 0 radical (unpaired) electrons. The number of hydrogen-bond donors (Lipinski definition) is 0. The quantitative estimate of drug-likeness (QED) is 0.150. The maximum atomic E-state index is 6.50. The normalized spacial score (nSPS) is 19.1. The van der Waals surface area contributed by atoms with Gasteiger partial charge in [0.1, 0.15) is 6.54 Å². The molecule has 5 heteroatoms. The monoisotopic (exact) mass is 738 g/mol. The summed E-state index contributed by atoms with van der Waals surface area (Å²) in [7, 11) is 0. The zero-order chi connectivity index (χ0) is 37.3. The van der Waals surface area contributed by atoms with Gasteiger partial charge in [0.05, 0.1) is 11.1 Å². The Bertz CT molecular complexity index is 2160. The summed E-state index contributed by atoms with van der Waals surface area (Å²) in [5, 5.41) is 1.57. The van der Waals surface area contributed by atoms with Crippen LogP contribution in [0.4, 0.5) is 22.7 Å². The molecule has 2 heterocycles. The largest absolute Gasteiger partial charge is 0.344 e. The lowest BCUT2D eigenvalue weighted by molar-refractivity contribution is -0.435. The highest BCUT2D eigenvalue weighted by atomic mass is 35.5. The summed E-state index contributed by atoms with van der Waals surface area (Å²) in [6.07, 6.45) is 16.6. The molecule has 4 aromatic rings. The van der Waals surface area contributed by atoms with E-state index in [0.717, 1.165) is 53.8 Å². The van der Waals surface area contributed by atoms with E-state index in [0.29, 0.717) is 0 Å². The van der Waals surface area contributed by atoms with Gasteiger partial charge in [0, 0.05) is 62.8 Å². The fourth-order valence-corrected chi connectivity index (χ4v) is 8.96. The van der Waals surface area contributed by atoms with Crippen LogP contribution in [0.5, 0.6) is 0 Å². The van der Waals surface area contributed by atoms with Crippen LogP contribution in [0.3, 0.4) is 0 Å². The molecule has 3 aliphatic rings. The molecule has 0 saturated carbocycles. The van der Waals surface area contributed by atoms with Crippen molar-refractivity contribution in [2.75, 3.05) is 22.9 Å². The number of halogens is 2. The van der Waals surface area contributed by atoms with Crippen molar-refractivity contribution >= 4 is 51.7 Å². The van der Waals surface area contributed by atoms with Crippen LogP contribution >= 0.6 is 23.2 Å². The van der Waals surface area contributed by atoms with Gasteiger partial charge in [0.15, 0.2) is 5.71 Å². The predicted octanol–water partition coefficient (Wildman–Crippen LogP) is 13.4. The molecule has 0 bridgehead atoms. The highest BCUT2D eigenvalue weighted by Gasteiger charge is 2.44. The lowest BCUT2D eigenvalue weighted by atomic mass is 9.80. The van der Waals surface area contributed by atoms with Crippen molar-refractivity contribution < 1.29 is 4.58 Å². The SMILES string of the molecule is CCN1/C(=C/C=C/C=C2\CCC(/C=C/CC3=[N+](CC)c4ccc(Cl)cc4C3(C)C)=C2N(c2ccccc2)c2ccccc2)C(C)(C)c2cc(Cl)ccc21. The van der Waals surface area contributed by atoms with E-state index in [-0.39, 0.29) is 10.8 Å². The third-order valence-electron chi connectivity index (χ3n) is 11.3. The van der Waals surface area contributed by atoms with E-state index < -0.39 is 0 Å². The fourth-order valence-electron chi connectivity index (χ4n) is 8.61. The summed E-state index contributed by atoms with van der Waals surface area (Å²) >= 11 is 13.0. The first-order valence-electron chi connectivity index (χ1n) is 19.0. The standard InChI is InChI=1S/C48H50Cl2N3/c1-7-51-42-30-28-36(49)32-40(42)47(3,4)44(51)24-16-15-18-34-26-27-35(46(34)53(38-20-11-9-12-21-38)39-22-13-10-14-23-39)19-17-25-45-48(5,6)41-33-37(50)29-31-43(41)52(45)8-2/h9-24,28-33H,7-8,25-27H2,1-6H3/q+1/b16-15+,19-17+,34-18+,44-24+. The van der Waals surface area contributed by atoms with Gasteiger partial charge >= 0.3 is 0 Å². The van der Waals surface area contributed by atoms with E-state index in [1.807, 2.05) is 12.1 Å². The second-order valence-electron chi connectivity index (χ2n) is 15.1. The molecule has 0 N–H and O–H groups in total. The van der Waals surface area contributed by atoms with Crippen LogP contribution in [0.2, 0.25) is 10.0 Å². The fraction of sp³-hybridized carbons (Fsp3) is 0.271. The van der Waals surface area contributed by atoms with Crippen LogP contribution in [0.1, 0.15) is 71.9 Å². The average molecular weight is 740 g/mol. The van der Waals surface area contributed by atoms with Crippen LogP contribution in [0.25, 0.3) is 0 Å². The van der Waals surface area contributed by atoms with Gasteiger partial charge in [0.2, 0.25) is 5.69 Å². The average Bonchev–Trinajstić information content (AvgIpc) is 3.72. The van der Waals surface area contributed by atoms with Gasteiger partial charge in [-0.3, -0.25) is 0 Å². The molecule has 4 aromatic carbocycles. The first-order valence-corrected chi connectivity index (χ1v) is 19.7. The van der Waals surface area contributed by atoms with Crippen molar-refractivity contribution in [3.8, 4) is 0 Å². The van der Waals surface area contributed by atoms with E-state index in [1.54, 1.807) is 0 Å². The van der Waals surface area contributed by atoms with Crippen LogP contribution in [-0.2, 0) is 10.8 Å². The van der Waals surface area contributed by atoms with Gasteiger partial charge in [-0.25, -0.2) is 0 Å². The zero-order valence-electron chi connectivity index (χ0n) is 31.8. The van der Waals surface area contributed by atoms with Crippen molar-refractivity contribution in [2.24, 2.45) is 0 Å². The van der Waals surface area contributed by atoms with Gasteiger partial charge in [-0.2, -0.15) is 4.58 Å². The Morgan fingerprint density at radius 3 is 2.00 bits per heavy atom. The first-order chi connectivity index (χ1) is 25.6. The Morgan fingerprint density at radius 2 is 1.36 bits per heavy atom. The number of nitrogens with zero attached hydrogens (tertiary/aromatic N) is 3. The molecular formula is C48H50Cl2N3+. The summed E-state index contributed by atoms with van der Waals surface area (Å²) in [5.41, 5.74) is 13.8. The number of fused-ring (bicyclic) bond motifs is 2. The molecule has 0 spiro atoms. The van der Waals surface area contributed by atoms with Crippen LogP contribution in [-0.4, -0.2) is 23.4 Å². The van der Waals surface area contributed by atoms with Crippen molar-refractivity contribution in [3.63, 3.8) is 0 Å². The summed E-state index contributed by atoms with van der Waals surface area (Å²) in [4.78, 5) is 4.85. The Labute approximate surface area is 326 Å². The van der Waals surface area contributed by atoms with Crippen molar-refractivity contribution in [1.82, 2.24) is 0 Å². The highest BCUT2D eigenvalue weighted by Crippen LogP contribution is 2.49. The molecule has 270 valence electrons. The smallest absolute Gasteiger partial charge is 0.209 e. The molecule has 0 saturated heterocycles. The molecule has 0 aromatic heterocycles. The summed E-state index contributed by atoms with van der Waals surface area (Å²) in [6, 6.07) is 34.1. The molecular weight excluding hydrogens is 689 g/mol. The molecule has 1 aliphatic carbocycles. The maximum absolute atomic E-state index is 6.50. The lowest BCUT2D eigenvalue weighted by Gasteiger charge is -2.28. The van der Waals surface area contributed by atoms with Crippen LogP contribution < -0.4 is 9.80 Å². The highest BCUT2D eigenvalue weighted by molar-refractivity contribution is 6.31. The van der Waals surface area contributed by atoms with E-state index in [4.69, 9.17) is 23.2 Å². The minimum Gasteiger partial charge on any atom is -0.344 e. The van der Waals surface area contributed by atoms with Crippen molar-refractivity contribution in [1.29, 1.82) is 0 Å². The van der Waals surface area contributed by atoms with Crippen molar-refractivity contribution in [2.45, 2.75) is 71.6 Å². The number of allylic oxidation sites excluding steroid dienone is 9. The van der Waals surface area contributed by atoms with Gasteiger partial charge in [-0.05, 0) is 118 Å². The van der Waals surface area contributed by atoms with E-state index in [2.05, 4.69) is 177 Å². The topological polar surface area (TPSA) is 9.49 Å². The number of para-hydroxylation sites is 2. The second kappa shape index (κ2) is 15.0. The molecule has 0 amide bonds. The molecule has 0 fully saturated rings. The predicted molar refractivity (Wildman–Crippen MR) is 228 cm³/mol. The Kier molecular flexibility index (Phi) is 10.4. The minimum atomic E-state index is -0.144. The minimum absolute atomic E-state index is 0.104. The van der Waals surface area contributed by atoms with Gasteiger partial charge in [-0.15, -0.1) is 0 Å². The van der Waals surface area contributed by atoms with E-state index in [9.17, 15) is 0 Å². The third-order valence-corrected chi connectivity index (χ3v) is 11.7. The number of likely N-dealkylation sites (N-methyl/N-ethyl adjacent to an activating group) is 1. The van der Waals surface area contributed by atoms with Crippen LogP contribution in [0, 0.1) is 0 Å². The molecule has 3 nitrogen and oxygen atoms in total. The van der Waals surface area contributed by atoms with E-state index >= 15 is 0 Å². The Morgan fingerprint density at radius 1 is 0.736 bits per heavy atom. The third kappa shape index (κ3) is 6.86. The molecule has 53 heavy (non-hydrogen) atoms. The molecule has 0 unspecified atom stereocenters. The number of benzene rings is 4. The number of anilines is 3. The molecule has 7 rings (SSSR count). The lowest BCUT2D eigenvalue weighted by Crippen LogP contribution is -2.28. The Balaban J connectivity index is 1.27. The summed E-state index contributed by atoms with van der Waals surface area (Å²) in [6.45, 7) is 15.5. The molecule has 2 aliphatic heterocycles. The maximum Gasteiger partial charge on any atom is 0.209 e. The summed E-state index contributed by atoms with van der Waals surface area (Å²) in [5.74, 6) is 0. The van der Waals surface area contributed by atoms with Crippen LogP contribution in [0.15, 0.2) is 156 Å². The summed E-state index contributed by atoms with van der Waals surface area (Å²) < 4.78 is 2.48. The molecule has 0 atom stereocenters. The number of rotatable bonds is 10. The van der Waals surface area contributed by atoms with E-state index in [1.165, 1.54) is 50.8 Å². The first kappa shape index (κ1) is 36.8. The second-order valence-corrected chi connectivity index (χ2v) is 16.0.